The fraction of sp³-hybridized carbons (Fsp3) is 0.211. The van der Waals surface area contributed by atoms with Crippen molar-refractivity contribution in [2.75, 3.05) is 26.4 Å². The summed E-state index contributed by atoms with van der Waals surface area (Å²) in [5, 5.41) is 3.57. The lowest BCUT2D eigenvalue weighted by Crippen LogP contribution is -2.08. The van der Waals surface area contributed by atoms with Gasteiger partial charge in [0.25, 0.3) is 0 Å². The molecule has 1 aromatic heterocycles. The van der Waals surface area contributed by atoms with E-state index in [-0.39, 0.29) is 17.4 Å². The molecule has 0 atom stereocenters. The van der Waals surface area contributed by atoms with Crippen LogP contribution in [0.25, 0.3) is 32.7 Å². The molecule has 0 aliphatic carbocycles. The second kappa shape index (κ2) is 8.84. The second-order valence-corrected chi connectivity index (χ2v) is 5.56. The Kier molecular flexibility index (Phi) is 6.04. The van der Waals surface area contributed by atoms with Crippen molar-refractivity contribution in [3.63, 3.8) is 0 Å². The first-order valence-corrected chi connectivity index (χ1v) is 8.22. The zero-order valence-electron chi connectivity index (χ0n) is 14.3. The Morgan fingerprint density at radius 1 is 1.07 bits per heavy atom. The van der Waals surface area contributed by atoms with Gasteiger partial charge in [0.2, 0.25) is 0 Å². The Morgan fingerprint density at radius 3 is 2.67 bits per heavy atom. The maximum absolute atomic E-state index is 13.3. The molecular formula is C19H16FN3O4. The van der Waals surface area contributed by atoms with E-state index in [1.807, 2.05) is 0 Å². The predicted octanol–water partition coefficient (Wildman–Crippen LogP) is 4.30. The van der Waals surface area contributed by atoms with Crippen molar-refractivity contribution in [2.24, 2.45) is 5.11 Å². The first-order chi connectivity index (χ1) is 13.2. The van der Waals surface area contributed by atoms with Crippen molar-refractivity contribution < 1.29 is 18.3 Å². The Labute approximate surface area is 153 Å². The molecule has 0 spiro atoms. The molecular weight excluding hydrogens is 353 g/mol. The van der Waals surface area contributed by atoms with Crippen molar-refractivity contribution in [1.82, 2.24) is 0 Å². The molecule has 0 unspecified atom stereocenters. The van der Waals surface area contributed by atoms with Gasteiger partial charge in [0.1, 0.15) is 29.5 Å². The molecule has 0 aliphatic rings. The topological polar surface area (TPSA) is 97.4 Å². The Hall–Kier alpha value is -3.35. The van der Waals surface area contributed by atoms with Crippen LogP contribution in [0.3, 0.4) is 0 Å². The van der Waals surface area contributed by atoms with Gasteiger partial charge in [0, 0.05) is 23.1 Å². The van der Waals surface area contributed by atoms with Gasteiger partial charge < -0.3 is 13.9 Å². The minimum atomic E-state index is -0.481. The highest BCUT2D eigenvalue weighted by molar-refractivity contribution is 5.78. The summed E-state index contributed by atoms with van der Waals surface area (Å²) in [5.41, 5.74) is 8.87. The number of azide groups is 1. The van der Waals surface area contributed by atoms with E-state index < -0.39 is 5.82 Å². The minimum Gasteiger partial charge on any atom is -0.491 e. The van der Waals surface area contributed by atoms with Crippen LogP contribution in [0.1, 0.15) is 0 Å². The molecule has 3 aromatic rings. The maximum Gasteiger partial charge on any atom is 0.193 e. The Morgan fingerprint density at radius 2 is 1.89 bits per heavy atom. The minimum absolute atomic E-state index is 0.208. The molecule has 0 radical (unpaired) electrons. The Bertz CT molecular complexity index is 1030. The average Bonchev–Trinajstić information content (AvgIpc) is 2.68. The molecule has 7 nitrogen and oxygen atoms in total. The summed E-state index contributed by atoms with van der Waals surface area (Å²) < 4.78 is 29.8. The number of halogens is 1. The van der Waals surface area contributed by atoms with Crippen LogP contribution >= 0.6 is 0 Å². The quantitative estimate of drug-likeness (QED) is 0.256. The maximum atomic E-state index is 13.3. The van der Waals surface area contributed by atoms with E-state index in [9.17, 15) is 9.18 Å². The molecule has 1 heterocycles. The van der Waals surface area contributed by atoms with Gasteiger partial charge in [0.15, 0.2) is 5.43 Å². The highest BCUT2D eigenvalue weighted by atomic mass is 19.1. The van der Waals surface area contributed by atoms with Gasteiger partial charge in [0.05, 0.1) is 18.6 Å². The number of nitrogens with zero attached hydrogens (tertiary/aromatic N) is 3. The van der Waals surface area contributed by atoms with Crippen LogP contribution in [0.15, 0.2) is 62.9 Å². The number of hydrogen-bond acceptors (Lipinski definition) is 5. The summed E-state index contributed by atoms with van der Waals surface area (Å²) in [4.78, 5) is 14.8. The fourth-order valence-electron chi connectivity index (χ4n) is 2.46. The van der Waals surface area contributed by atoms with Crippen LogP contribution in [0.4, 0.5) is 4.39 Å². The first kappa shape index (κ1) is 18.4. The van der Waals surface area contributed by atoms with E-state index in [1.165, 1.54) is 18.2 Å². The van der Waals surface area contributed by atoms with Crippen molar-refractivity contribution in [2.45, 2.75) is 0 Å². The van der Waals surface area contributed by atoms with Gasteiger partial charge in [-0.25, -0.2) is 4.39 Å². The summed E-state index contributed by atoms with van der Waals surface area (Å²) >= 11 is 0. The lowest BCUT2D eigenvalue weighted by atomic mass is 10.1. The van der Waals surface area contributed by atoms with Crippen molar-refractivity contribution in [1.29, 1.82) is 0 Å². The third-order valence-electron chi connectivity index (χ3n) is 3.72. The Balaban J connectivity index is 1.63. The third kappa shape index (κ3) is 4.84. The zero-order valence-corrected chi connectivity index (χ0v) is 14.3. The van der Waals surface area contributed by atoms with Crippen LogP contribution in [-0.2, 0) is 4.74 Å². The first-order valence-electron chi connectivity index (χ1n) is 8.22. The largest absolute Gasteiger partial charge is 0.491 e. The molecule has 3 rings (SSSR count). The third-order valence-corrected chi connectivity index (χ3v) is 3.72. The second-order valence-electron chi connectivity index (χ2n) is 5.56. The molecule has 0 saturated carbocycles. The molecule has 0 amide bonds. The molecule has 0 fully saturated rings. The number of benzene rings is 2. The highest BCUT2D eigenvalue weighted by Gasteiger charge is 2.08. The van der Waals surface area contributed by atoms with Gasteiger partial charge in [-0.05, 0) is 48.0 Å². The van der Waals surface area contributed by atoms with E-state index in [0.29, 0.717) is 42.5 Å². The van der Waals surface area contributed by atoms with Crippen LogP contribution in [-0.4, -0.2) is 26.4 Å². The van der Waals surface area contributed by atoms with E-state index in [4.69, 9.17) is 19.4 Å². The molecule has 2 aromatic carbocycles. The van der Waals surface area contributed by atoms with E-state index in [0.717, 1.165) is 6.07 Å². The normalized spacial score (nSPS) is 10.6. The molecule has 8 heteroatoms. The molecule has 0 N–H and O–H groups in total. The molecule has 0 aliphatic heterocycles. The van der Waals surface area contributed by atoms with Gasteiger partial charge in [-0.2, -0.15) is 0 Å². The lowest BCUT2D eigenvalue weighted by Gasteiger charge is -2.08. The van der Waals surface area contributed by atoms with Crippen molar-refractivity contribution in [3.05, 3.63) is 75.0 Å². The van der Waals surface area contributed by atoms with Gasteiger partial charge in [-0.1, -0.05) is 5.11 Å². The highest BCUT2D eigenvalue weighted by Crippen LogP contribution is 2.24. The zero-order chi connectivity index (χ0) is 19.1. The number of ether oxygens (including phenoxy) is 2. The van der Waals surface area contributed by atoms with Crippen LogP contribution in [0.2, 0.25) is 0 Å². The number of rotatable bonds is 8. The summed E-state index contributed by atoms with van der Waals surface area (Å²) in [6, 6.07) is 12.2. The molecule has 0 bridgehead atoms. The van der Waals surface area contributed by atoms with Gasteiger partial charge in [-0.3, -0.25) is 4.79 Å². The standard InChI is InChI=1S/C19H16FN3O4/c20-14-3-6-18-16(11-14)17(24)12-19(27-18)13-1-4-15(5-2-13)26-10-9-25-8-7-22-23-21/h1-6,11-12H,7-10H2. The monoisotopic (exact) mass is 369 g/mol. The van der Waals surface area contributed by atoms with E-state index >= 15 is 0 Å². The summed E-state index contributed by atoms with van der Waals surface area (Å²) in [6.07, 6.45) is 0. The van der Waals surface area contributed by atoms with Crippen molar-refractivity contribution in [3.8, 4) is 17.1 Å². The van der Waals surface area contributed by atoms with Crippen molar-refractivity contribution >= 4 is 11.0 Å². The van der Waals surface area contributed by atoms with E-state index in [1.54, 1.807) is 24.3 Å². The molecule has 0 saturated heterocycles. The number of hydrogen-bond donors (Lipinski definition) is 0. The summed E-state index contributed by atoms with van der Waals surface area (Å²) in [7, 11) is 0. The predicted molar refractivity (Wildman–Crippen MR) is 98.2 cm³/mol. The average molecular weight is 369 g/mol. The van der Waals surface area contributed by atoms with Crippen LogP contribution < -0.4 is 10.2 Å². The molecule has 138 valence electrons. The lowest BCUT2D eigenvalue weighted by molar-refractivity contribution is 0.106. The van der Waals surface area contributed by atoms with Crippen LogP contribution in [0.5, 0.6) is 5.75 Å². The SMILES string of the molecule is [N-]=[N+]=NCCOCCOc1ccc(-c2cc(=O)c3cc(F)ccc3o2)cc1. The molecule has 27 heavy (non-hydrogen) atoms. The van der Waals surface area contributed by atoms with Crippen LogP contribution in [0, 0.1) is 5.82 Å². The number of fused-ring (bicyclic) bond motifs is 1. The summed E-state index contributed by atoms with van der Waals surface area (Å²) in [5.74, 6) is 0.556. The smallest absolute Gasteiger partial charge is 0.193 e. The fourth-order valence-corrected chi connectivity index (χ4v) is 2.46. The van der Waals surface area contributed by atoms with E-state index in [2.05, 4.69) is 10.0 Å². The van der Waals surface area contributed by atoms with Gasteiger partial charge in [-0.15, -0.1) is 0 Å². The summed E-state index contributed by atoms with van der Waals surface area (Å²) in [6.45, 7) is 1.36. The van der Waals surface area contributed by atoms with Gasteiger partial charge >= 0.3 is 0 Å².